The average Bonchev–Trinajstić information content (AvgIpc) is 0.794. The monoisotopic (exact) mass is 1640 g/mol. The lowest BCUT2D eigenvalue weighted by Crippen LogP contribution is -2.32. The molecule has 0 aromatic heterocycles. The summed E-state index contributed by atoms with van der Waals surface area (Å²) in [5, 5.41) is 51.8. The largest absolute Gasteiger partial charge is 0.493 e. The van der Waals surface area contributed by atoms with Crippen molar-refractivity contribution in [2.45, 2.75) is 279 Å². The lowest BCUT2D eigenvalue weighted by molar-refractivity contribution is -0.140. The molecule has 6 aromatic carbocycles. The first-order chi connectivity index (χ1) is 57.6. The van der Waals surface area contributed by atoms with E-state index < -0.39 is 29.6 Å². The Morgan fingerprint density at radius 3 is 1.39 bits per heavy atom. The second-order valence-electron chi connectivity index (χ2n) is 34.2. The van der Waals surface area contributed by atoms with Gasteiger partial charge in [0.05, 0.1) is 52.9 Å². The van der Waals surface area contributed by atoms with Gasteiger partial charge in [0, 0.05) is 46.8 Å². The van der Waals surface area contributed by atoms with Crippen LogP contribution in [0.4, 0.5) is 4.39 Å². The van der Waals surface area contributed by atoms with Crippen LogP contribution in [0.2, 0.25) is 0 Å². The molecule has 0 radical (unpaired) electrons. The maximum Gasteiger partial charge on any atom is 0.333 e. The number of carbonyl (C=O) groups is 3. The average molecular weight is 1640 g/mol. The van der Waals surface area contributed by atoms with Gasteiger partial charge in [-0.25, -0.2) is 18.8 Å². The maximum atomic E-state index is 16.4. The van der Waals surface area contributed by atoms with Crippen molar-refractivity contribution in [3.63, 3.8) is 0 Å². The van der Waals surface area contributed by atoms with E-state index in [0.29, 0.717) is 123 Å². The second-order valence-corrected chi connectivity index (χ2v) is 34.2. The molecule has 0 spiro atoms. The van der Waals surface area contributed by atoms with Crippen molar-refractivity contribution >= 4 is 17.9 Å². The van der Waals surface area contributed by atoms with E-state index in [1.54, 1.807) is 32.9 Å². The molecule has 0 aliphatic heterocycles. The van der Waals surface area contributed by atoms with Crippen molar-refractivity contribution in [3.8, 4) is 56.0 Å². The number of hydrogen-bond acceptors (Lipinski definition) is 14. The van der Waals surface area contributed by atoms with Crippen LogP contribution in [0.3, 0.4) is 0 Å². The fourth-order valence-corrected chi connectivity index (χ4v) is 17.2. The Kier molecular flexibility index (Phi) is 41.4. The van der Waals surface area contributed by atoms with Crippen molar-refractivity contribution < 1.29 is 72.7 Å². The molecule has 5 N–H and O–H groups in total. The number of ether oxygens (including phenoxy) is 6. The molecule has 2 aliphatic rings. The molecule has 1 unspecified atom stereocenters. The highest BCUT2D eigenvalue weighted by atomic mass is 19.1. The van der Waals surface area contributed by atoms with E-state index in [9.17, 15) is 39.9 Å². The molecule has 0 saturated heterocycles. The van der Waals surface area contributed by atoms with E-state index in [2.05, 4.69) is 139 Å². The third kappa shape index (κ3) is 29.6. The second kappa shape index (κ2) is 51.0. The summed E-state index contributed by atoms with van der Waals surface area (Å²) < 4.78 is 53.0. The summed E-state index contributed by atoms with van der Waals surface area (Å²) in [6, 6.07) is 36.5. The van der Waals surface area contributed by atoms with Crippen LogP contribution in [0.25, 0.3) is 44.5 Å². The summed E-state index contributed by atoms with van der Waals surface area (Å²) in [6.07, 6.45) is 29.1. The number of aliphatic hydroxyl groups excluding tert-OH is 5. The number of hydrogen-bond donors (Lipinski definition) is 5. The van der Waals surface area contributed by atoms with E-state index in [4.69, 9.17) is 28.4 Å². The third-order valence-electron chi connectivity index (χ3n) is 25.0. The minimum atomic E-state index is -1.11. The number of esters is 3. The van der Waals surface area contributed by atoms with Crippen LogP contribution >= 0.6 is 0 Å². The van der Waals surface area contributed by atoms with Crippen LogP contribution in [0.5, 0.6) is 11.5 Å². The van der Waals surface area contributed by atoms with Gasteiger partial charge in [0.1, 0.15) is 17.3 Å². The molecule has 0 amide bonds. The van der Waals surface area contributed by atoms with Crippen LogP contribution in [-0.2, 0) is 71.9 Å². The molecule has 0 bridgehead atoms. The highest BCUT2D eigenvalue weighted by molar-refractivity contribution is 5.90. The van der Waals surface area contributed by atoms with Crippen LogP contribution < -0.4 is 9.47 Å². The number of aliphatic hydroxyl groups is 5. The zero-order valence-corrected chi connectivity index (χ0v) is 73.5. The quantitative estimate of drug-likeness (QED) is 0.00601. The van der Waals surface area contributed by atoms with E-state index >= 15 is 4.39 Å². The molecule has 119 heavy (non-hydrogen) atoms. The first kappa shape index (κ1) is 96.4. The smallest absolute Gasteiger partial charge is 0.333 e. The van der Waals surface area contributed by atoms with Crippen LogP contribution in [0.1, 0.15) is 279 Å². The Hall–Kier alpha value is -8.02. The molecule has 8 rings (SSSR count). The third-order valence-corrected chi connectivity index (χ3v) is 25.0. The minimum Gasteiger partial charge on any atom is -0.493 e. The molecule has 6 aromatic rings. The van der Waals surface area contributed by atoms with Crippen molar-refractivity contribution in [2.24, 2.45) is 23.2 Å². The van der Waals surface area contributed by atoms with E-state index in [1.807, 2.05) is 12.1 Å². The van der Waals surface area contributed by atoms with Gasteiger partial charge in [-0.15, -0.1) is 0 Å². The molecule has 2 aliphatic carbocycles. The van der Waals surface area contributed by atoms with Crippen LogP contribution in [0, 0.1) is 29.0 Å². The van der Waals surface area contributed by atoms with Crippen LogP contribution in [-0.4, -0.2) is 116 Å². The zero-order valence-electron chi connectivity index (χ0n) is 73.5. The number of unbranched alkanes of at least 4 members (excludes halogenated alkanes) is 5. The SMILES string of the molecule is C=C(C)C(=O)OCCCc1cc(-c2ccc(-c3ccc(C4CCC(CCCCC)CC4)cc3)cc2CC)cc(CCCOC(=O)C(=C)C/C=C(/C)C(=O)OCCCc2cc(-c3ccc(-c4ccc(C5CCC(CCCCC)CC5)cc4F)cc3CC)cc(CCCOC(O)C(=C)C)c2OCCC(CO)CO)c1OCCC(CO)(CO)CCCC. The first-order valence-electron chi connectivity index (χ1n) is 45.3. The molecule has 14 nitrogen and oxygen atoms in total. The van der Waals surface area contributed by atoms with Crippen molar-refractivity contribution in [2.75, 3.05) is 66.1 Å². The fraction of sp³-hybridized carbons (Fsp3) is 0.548. The van der Waals surface area contributed by atoms with E-state index in [1.165, 1.54) is 107 Å². The predicted molar refractivity (Wildman–Crippen MR) is 480 cm³/mol. The predicted octanol–water partition coefficient (Wildman–Crippen LogP) is 23.1. The van der Waals surface area contributed by atoms with Gasteiger partial charge in [0.2, 0.25) is 0 Å². The first-order valence-corrected chi connectivity index (χ1v) is 45.3. The number of allylic oxidation sites excluding steroid dienone is 1. The number of carbonyl (C=O) groups excluding carboxylic acids is 3. The number of rotatable bonds is 54. The number of halogens is 1. The summed E-state index contributed by atoms with van der Waals surface area (Å²) in [5.74, 6) is 1.72. The summed E-state index contributed by atoms with van der Waals surface area (Å²) in [7, 11) is 0. The van der Waals surface area contributed by atoms with Crippen molar-refractivity contribution in [1.82, 2.24) is 0 Å². The number of aryl methyl sites for hydroxylation is 6. The summed E-state index contributed by atoms with van der Waals surface area (Å²) in [5.41, 5.74) is 16.5. The summed E-state index contributed by atoms with van der Waals surface area (Å²) in [4.78, 5) is 40.1. The molecular weight excluding hydrogens is 1490 g/mol. The van der Waals surface area contributed by atoms with Gasteiger partial charge in [-0.3, -0.25) is 0 Å². The summed E-state index contributed by atoms with van der Waals surface area (Å²) >= 11 is 0. The van der Waals surface area contributed by atoms with Gasteiger partial charge in [-0.2, -0.15) is 0 Å². The normalized spacial score (nSPS) is 16.0. The highest BCUT2D eigenvalue weighted by Gasteiger charge is 2.31. The van der Waals surface area contributed by atoms with Gasteiger partial charge in [0.25, 0.3) is 0 Å². The van der Waals surface area contributed by atoms with Gasteiger partial charge >= 0.3 is 17.9 Å². The lowest BCUT2D eigenvalue weighted by atomic mass is 9.77. The van der Waals surface area contributed by atoms with Crippen molar-refractivity contribution in [1.29, 1.82) is 0 Å². The Labute approximate surface area is 712 Å². The Morgan fingerprint density at radius 1 is 0.471 bits per heavy atom. The minimum absolute atomic E-state index is 0.0408. The van der Waals surface area contributed by atoms with E-state index in [0.717, 1.165) is 111 Å². The standard InChI is InChI=1S/C104H143FO14/c1-12-17-20-26-76-34-38-81(39-35-76)82-42-44-84(45-43-82)85-46-49-94(79(15-4)61-85)92-65-90(29-23-56-117-101(111)73(8)9)99(115-60-54-104(70-108,71-109)53-19-14-3)91(66-92)31-25-58-119-103(113)75(11)33-32-74(10)102(112)118-57-24-30-89-64-93(63-88(28-22-55-116-100(110)72(6)7)98(89)114-59-52-78(68-106)69-107)95-50-48-87(62-80(95)16-5)96-51-47-86(67-97(96)105)83-40-36-77(37-41-83)27-21-18-13-2/h32,42-51,61-67,76-78,81,83,100,106-110H,6,8,11-31,33-41,52-60,68-71H2,1-5,7,9-10H3/b74-32-. The maximum absolute atomic E-state index is 16.4. The van der Waals surface area contributed by atoms with Gasteiger partial charge in [0.15, 0.2) is 6.29 Å². The van der Waals surface area contributed by atoms with Crippen LogP contribution in [0.15, 0.2) is 151 Å². The van der Waals surface area contributed by atoms with Gasteiger partial charge < -0.3 is 54.0 Å². The lowest BCUT2D eigenvalue weighted by Gasteiger charge is -2.30. The molecule has 1 atom stereocenters. The number of benzene rings is 6. The molecular formula is C104H143FO14. The van der Waals surface area contributed by atoms with Crippen molar-refractivity contribution in [3.05, 3.63) is 202 Å². The highest BCUT2D eigenvalue weighted by Crippen LogP contribution is 2.44. The molecule has 0 heterocycles. The molecule has 2 saturated carbocycles. The topological polar surface area (TPSA) is 208 Å². The molecule has 15 heteroatoms. The summed E-state index contributed by atoms with van der Waals surface area (Å²) in [6.45, 7) is 27.7. The van der Waals surface area contributed by atoms with Gasteiger partial charge in [-0.1, -0.05) is 197 Å². The molecule has 2 fully saturated rings. The zero-order chi connectivity index (χ0) is 85.6. The molecule has 650 valence electrons. The Bertz CT molecular complexity index is 4200. The van der Waals surface area contributed by atoms with Gasteiger partial charge in [-0.05, 0) is 305 Å². The van der Waals surface area contributed by atoms with E-state index in [-0.39, 0.29) is 89.8 Å². The Balaban J connectivity index is 0.962. The Morgan fingerprint density at radius 2 is 0.916 bits per heavy atom. The fourth-order valence-electron chi connectivity index (χ4n) is 17.2.